The van der Waals surface area contributed by atoms with Crippen molar-refractivity contribution in [3.8, 4) is 11.9 Å². The maximum absolute atomic E-state index is 11.9. The zero-order valence-electron chi connectivity index (χ0n) is 11.7. The van der Waals surface area contributed by atoms with Gasteiger partial charge in [-0.15, -0.1) is 11.3 Å². The van der Waals surface area contributed by atoms with Crippen LogP contribution in [-0.2, 0) is 6.54 Å². The average molecular weight is 314 g/mol. The average Bonchev–Trinajstić information content (AvgIpc) is 3.02. The number of aromatic nitrogens is 1. The number of pyridine rings is 1. The minimum Gasteiger partial charge on any atom is -0.471 e. The number of nitrogens with zero attached hydrogens (tertiary/aromatic N) is 3. The summed E-state index contributed by atoms with van der Waals surface area (Å²) in [4.78, 5) is 18.8. The number of hydrogen-bond donors (Lipinski definition) is 1. The normalized spacial score (nSPS) is 14.0. The largest absolute Gasteiger partial charge is 0.471 e. The summed E-state index contributed by atoms with van der Waals surface area (Å²) in [5, 5.41) is 13.6. The molecule has 0 atom stereocenters. The van der Waals surface area contributed by atoms with E-state index in [1.54, 1.807) is 28.4 Å². The molecular formula is C15H14N4O2S. The number of likely N-dealkylation sites (tertiary alicyclic amines) is 1. The molecule has 0 aromatic carbocycles. The van der Waals surface area contributed by atoms with E-state index in [9.17, 15) is 4.79 Å². The number of rotatable bonds is 4. The van der Waals surface area contributed by atoms with Gasteiger partial charge in [0.2, 0.25) is 5.88 Å². The molecular weight excluding hydrogens is 300 g/mol. The van der Waals surface area contributed by atoms with Crippen molar-refractivity contribution in [2.45, 2.75) is 12.6 Å². The summed E-state index contributed by atoms with van der Waals surface area (Å²) in [6.45, 7) is 1.63. The van der Waals surface area contributed by atoms with Crippen LogP contribution in [0.2, 0.25) is 0 Å². The van der Waals surface area contributed by atoms with E-state index in [0.29, 0.717) is 31.1 Å². The second-order valence-corrected chi connectivity index (χ2v) is 5.91. The van der Waals surface area contributed by atoms with Crippen LogP contribution in [0.3, 0.4) is 0 Å². The summed E-state index contributed by atoms with van der Waals surface area (Å²) in [5.41, 5.74) is 0.496. The molecule has 1 N–H and O–H groups in total. The van der Waals surface area contributed by atoms with Gasteiger partial charge in [-0.1, -0.05) is 6.07 Å². The smallest absolute Gasteiger partial charge is 0.317 e. The van der Waals surface area contributed by atoms with Crippen LogP contribution in [0, 0.1) is 11.3 Å². The van der Waals surface area contributed by atoms with E-state index in [1.165, 1.54) is 6.20 Å². The number of carbonyl (C=O) groups excluding carboxylic acids is 1. The van der Waals surface area contributed by atoms with Crippen LogP contribution in [0.1, 0.15) is 10.4 Å². The van der Waals surface area contributed by atoms with Gasteiger partial charge < -0.3 is 15.0 Å². The quantitative estimate of drug-likeness (QED) is 0.936. The molecule has 112 valence electrons. The number of thiophene rings is 1. The van der Waals surface area contributed by atoms with E-state index in [0.717, 1.165) is 4.88 Å². The lowest BCUT2D eigenvalue weighted by molar-refractivity contribution is 0.0413. The zero-order chi connectivity index (χ0) is 15.4. The summed E-state index contributed by atoms with van der Waals surface area (Å²) in [6, 6.07) is 9.20. The Bertz CT molecular complexity index is 673. The molecule has 2 amide bonds. The van der Waals surface area contributed by atoms with Crippen molar-refractivity contribution >= 4 is 17.4 Å². The Labute approximate surface area is 132 Å². The van der Waals surface area contributed by atoms with Crippen molar-refractivity contribution < 1.29 is 9.53 Å². The Kier molecular flexibility index (Phi) is 4.21. The molecule has 0 spiro atoms. The number of ether oxygens (including phenoxy) is 1. The first-order chi connectivity index (χ1) is 10.7. The predicted octanol–water partition coefficient (Wildman–Crippen LogP) is 1.99. The van der Waals surface area contributed by atoms with Crippen LogP contribution < -0.4 is 10.1 Å². The van der Waals surface area contributed by atoms with Crippen molar-refractivity contribution in [1.29, 1.82) is 5.26 Å². The van der Waals surface area contributed by atoms with Crippen molar-refractivity contribution in [3.05, 3.63) is 46.3 Å². The first kappa shape index (κ1) is 14.4. The third kappa shape index (κ3) is 3.35. The highest BCUT2D eigenvalue weighted by Crippen LogP contribution is 2.16. The van der Waals surface area contributed by atoms with Crippen LogP contribution in [0.4, 0.5) is 4.79 Å². The van der Waals surface area contributed by atoms with Crippen LogP contribution in [0.5, 0.6) is 5.88 Å². The van der Waals surface area contributed by atoms with E-state index in [4.69, 9.17) is 10.00 Å². The lowest BCUT2D eigenvalue weighted by Gasteiger charge is -2.38. The Balaban J connectivity index is 1.41. The lowest BCUT2D eigenvalue weighted by Crippen LogP contribution is -2.58. The second-order valence-electron chi connectivity index (χ2n) is 4.88. The summed E-state index contributed by atoms with van der Waals surface area (Å²) in [5.74, 6) is 0.475. The van der Waals surface area contributed by atoms with Gasteiger partial charge in [-0.05, 0) is 17.5 Å². The van der Waals surface area contributed by atoms with Gasteiger partial charge in [-0.3, -0.25) is 0 Å². The van der Waals surface area contributed by atoms with Gasteiger partial charge in [0.1, 0.15) is 12.2 Å². The molecule has 7 heteroatoms. The number of amides is 2. The van der Waals surface area contributed by atoms with Gasteiger partial charge in [0.15, 0.2) is 0 Å². The molecule has 2 aromatic rings. The van der Waals surface area contributed by atoms with Crippen molar-refractivity contribution in [3.63, 3.8) is 0 Å². The molecule has 3 rings (SSSR count). The van der Waals surface area contributed by atoms with Gasteiger partial charge in [-0.25, -0.2) is 9.78 Å². The van der Waals surface area contributed by atoms with Gasteiger partial charge in [0.05, 0.1) is 25.2 Å². The van der Waals surface area contributed by atoms with Crippen LogP contribution in [0.25, 0.3) is 0 Å². The van der Waals surface area contributed by atoms with Crippen LogP contribution >= 0.6 is 11.3 Å². The first-order valence-corrected chi connectivity index (χ1v) is 7.70. The molecule has 0 unspecified atom stereocenters. The minimum atomic E-state index is -0.0824. The van der Waals surface area contributed by atoms with E-state index < -0.39 is 0 Å². The van der Waals surface area contributed by atoms with E-state index in [1.807, 2.05) is 23.6 Å². The van der Waals surface area contributed by atoms with Crippen LogP contribution in [-0.4, -0.2) is 35.1 Å². The maximum atomic E-state index is 11.9. The summed E-state index contributed by atoms with van der Waals surface area (Å²) in [6.07, 6.45) is 1.42. The molecule has 6 nitrogen and oxygen atoms in total. The maximum Gasteiger partial charge on any atom is 0.317 e. The first-order valence-electron chi connectivity index (χ1n) is 6.82. The van der Waals surface area contributed by atoms with Crippen molar-refractivity contribution in [2.24, 2.45) is 0 Å². The molecule has 1 aliphatic rings. The molecule has 1 fully saturated rings. The number of urea groups is 1. The summed E-state index contributed by atoms with van der Waals surface area (Å²) in [7, 11) is 0. The third-order valence-corrected chi connectivity index (χ3v) is 4.16. The molecule has 2 aromatic heterocycles. The number of carbonyl (C=O) groups is 1. The standard InChI is InChI=1S/C15H14N4O2S/c16-6-11-3-4-14(17-7-11)21-12-9-19(10-12)15(20)18-8-13-2-1-5-22-13/h1-5,7,12H,8-10H2,(H,18,20). The zero-order valence-corrected chi connectivity index (χ0v) is 12.5. The second kappa shape index (κ2) is 6.45. The Morgan fingerprint density at radius 1 is 1.50 bits per heavy atom. The number of nitriles is 1. The fourth-order valence-electron chi connectivity index (χ4n) is 2.05. The van der Waals surface area contributed by atoms with E-state index in [-0.39, 0.29) is 12.1 Å². The summed E-state index contributed by atoms with van der Waals surface area (Å²) < 4.78 is 5.64. The molecule has 0 aliphatic carbocycles. The van der Waals surface area contributed by atoms with Crippen molar-refractivity contribution in [1.82, 2.24) is 15.2 Å². The monoisotopic (exact) mass is 314 g/mol. The highest BCUT2D eigenvalue weighted by molar-refractivity contribution is 7.09. The Morgan fingerprint density at radius 2 is 2.36 bits per heavy atom. The topological polar surface area (TPSA) is 78.2 Å². The van der Waals surface area contributed by atoms with Crippen molar-refractivity contribution in [2.75, 3.05) is 13.1 Å². The molecule has 1 aliphatic heterocycles. The van der Waals surface area contributed by atoms with Crippen LogP contribution in [0.15, 0.2) is 35.8 Å². The Morgan fingerprint density at radius 3 is 3.00 bits per heavy atom. The highest BCUT2D eigenvalue weighted by atomic mass is 32.1. The highest BCUT2D eigenvalue weighted by Gasteiger charge is 2.32. The molecule has 22 heavy (non-hydrogen) atoms. The minimum absolute atomic E-state index is 0.0482. The molecule has 0 radical (unpaired) electrons. The van der Waals surface area contributed by atoms with E-state index >= 15 is 0 Å². The van der Waals surface area contributed by atoms with E-state index in [2.05, 4.69) is 10.3 Å². The SMILES string of the molecule is N#Cc1ccc(OC2CN(C(=O)NCc3cccs3)C2)nc1. The fraction of sp³-hybridized carbons (Fsp3) is 0.267. The van der Waals surface area contributed by atoms with Gasteiger partial charge in [0, 0.05) is 17.1 Å². The third-order valence-electron chi connectivity index (χ3n) is 3.28. The van der Waals surface area contributed by atoms with Gasteiger partial charge >= 0.3 is 6.03 Å². The number of nitrogens with one attached hydrogen (secondary N) is 1. The van der Waals surface area contributed by atoms with Gasteiger partial charge in [0.25, 0.3) is 0 Å². The molecule has 0 saturated carbocycles. The molecule has 0 bridgehead atoms. The Hall–Kier alpha value is -2.59. The lowest BCUT2D eigenvalue weighted by atomic mass is 10.2. The number of hydrogen-bond acceptors (Lipinski definition) is 5. The summed E-state index contributed by atoms with van der Waals surface area (Å²) >= 11 is 1.62. The molecule has 3 heterocycles. The van der Waals surface area contributed by atoms with Gasteiger partial charge in [-0.2, -0.15) is 5.26 Å². The molecule has 1 saturated heterocycles. The fourth-order valence-corrected chi connectivity index (χ4v) is 2.70. The predicted molar refractivity (Wildman–Crippen MR) is 81.5 cm³/mol.